The van der Waals surface area contributed by atoms with Gasteiger partial charge in [0.2, 0.25) is 0 Å². The van der Waals surface area contributed by atoms with Gasteiger partial charge in [-0.25, -0.2) is 4.98 Å². The van der Waals surface area contributed by atoms with Gasteiger partial charge in [-0.15, -0.1) is 11.3 Å². The number of aromatic nitrogens is 1. The highest BCUT2D eigenvalue weighted by atomic mass is 32.1. The number of thiazole rings is 1. The van der Waals surface area contributed by atoms with Crippen molar-refractivity contribution in [3.63, 3.8) is 0 Å². The van der Waals surface area contributed by atoms with Crippen molar-refractivity contribution in [2.24, 2.45) is 4.99 Å². The fraction of sp³-hybridized carbons (Fsp3) is 0.545. The van der Waals surface area contributed by atoms with Crippen LogP contribution in [0.4, 0.5) is 0 Å². The van der Waals surface area contributed by atoms with Crippen molar-refractivity contribution in [3.05, 3.63) is 51.5 Å². The topological polar surface area (TPSA) is 52.6 Å². The van der Waals surface area contributed by atoms with Gasteiger partial charge in [0.05, 0.1) is 6.54 Å². The normalized spacial score (nSPS) is 18.2. The molecule has 1 aromatic carbocycles. The number of likely N-dealkylation sites (tertiary alicyclic amines) is 1. The van der Waals surface area contributed by atoms with Crippen molar-refractivity contribution in [1.29, 1.82) is 0 Å². The Labute approximate surface area is 173 Å². The molecule has 1 aliphatic heterocycles. The third-order valence-corrected chi connectivity index (χ3v) is 6.60. The highest BCUT2D eigenvalue weighted by molar-refractivity contribution is 7.11. The van der Waals surface area contributed by atoms with Crippen LogP contribution in [0.25, 0.3) is 0 Å². The molecule has 0 bridgehead atoms. The molecule has 5 nitrogen and oxygen atoms in total. The minimum absolute atomic E-state index is 0.676. The molecule has 0 radical (unpaired) electrons. The fourth-order valence-corrected chi connectivity index (χ4v) is 4.45. The summed E-state index contributed by atoms with van der Waals surface area (Å²) in [6.45, 7) is 8.23. The van der Waals surface area contributed by atoms with Gasteiger partial charge in [0, 0.05) is 37.3 Å². The number of hydrogen-bond donors (Lipinski definition) is 2. The van der Waals surface area contributed by atoms with Crippen LogP contribution in [0.15, 0.2) is 35.5 Å². The second-order valence-corrected chi connectivity index (χ2v) is 8.64. The lowest BCUT2D eigenvalue weighted by atomic mass is 10.0. The largest absolute Gasteiger partial charge is 0.352 e. The van der Waals surface area contributed by atoms with E-state index in [1.165, 1.54) is 41.8 Å². The summed E-state index contributed by atoms with van der Waals surface area (Å²) >= 11 is 1.76. The van der Waals surface area contributed by atoms with Crippen molar-refractivity contribution in [3.8, 4) is 0 Å². The van der Waals surface area contributed by atoms with E-state index < -0.39 is 0 Å². The van der Waals surface area contributed by atoms with E-state index in [-0.39, 0.29) is 0 Å². The van der Waals surface area contributed by atoms with Gasteiger partial charge < -0.3 is 10.6 Å². The third kappa shape index (κ3) is 5.79. The second kappa shape index (κ2) is 10.6. The van der Waals surface area contributed by atoms with Crippen molar-refractivity contribution >= 4 is 17.3 Å². The summed E-state index contributed by atoms with van der Waals surface area (Å²) in [6, 6.07) is 9.43. The number of piperidine rings is 1. The van der Waals surface area contributed by atoms with Crippen LogP contribution >= 0.6 is 11.3 Å². The van der Waals surface area contributed by atoms with Gasteiger partial charge in [-0.3, -0.25) is 9.89 Å². The Morgan fingerprint density at radius 3 is 2.71 bits per heavy atom. The van der Waals surface area contributed by atoms with Crippen molar-refractivity contribution in [2.75, 3.05) is 13.6 Å². The van der Waals surface area contributed by atoms with E-state index in [4.69, 9.17) is 0 Å². The molecule has 6 heteroatoms. The Balaban J connectivity index is 1.55. The van der Waals surface area contributed by atoms with Gasteiger partial charge >= 0.3 is 0 Å². The first-order valence-corrected chi connectivity index (χ1v) is 11.2. The quantitative estimate of drug-likeness (QED) is 0.547. The van der Waals surface area contributed by atoms with Gasteiger partial charge in [-0.05, 0) is 43.9 Å². The monoisotopic (exact) mass is 399 g/mol. The molecular weight excluding hydrogens is 366 g/mol. The van der Waals surface area contributed by atoms with Crippen LogP contribution < -0.4 is 10.6 Å². The zero-order valence-corrected chi connectivity index (χ0v) is 18.2. The summed E-state index contributed by atoms with van der Waals surface area (Å²) in [5.41, 5.74) is 2.75. The predicted octanol–water partition coefficient (Wildman–Crippen LogP) is 3.95. The minimum Gasteiger partial charge on any atom is -0.352 e. The molecular formula is C22H33N5S. The van der Waals surface area contributed by atoms with Crippen molar-refractivity contribution in [1.82, 2.24) is 20.5 Å². The zero-order valence-electron chi connectivity index (χ0n) is 17.4. The molecule has 1 unspecified atom stereocenters. The summed E-state index contributed by atoms with van der Waals surface area (Å²) < 4.78 is 0. The number of nitrogens with zero attached hydrogens (tertiary/aromatic N) is 3. The van der Waals surface area contributed by atoms with Crippen LogP contribution in [0.3, 0.4) is 0 Å². The molecule has 2 heterocycles. The lowest BCUT2D eigenvalue weighted by Gasteiger charge is -2.33. The second-order valence-electron chi connectivity index (χ2n) is 7.44. The van der Waals surface area contributed by atoms with E-state index in [1.54, 1.807) is 11.3 Å². The average Bonchev–Trinajstić information content (AvgIpc) is 3.19. The molecule has 2 N–H and O–H groups in total. The van der Waals surface area contributed by atoms with Crippen molar-refractivity contribution in [2.45, 2.75) is 65.2 Å². The smallest absolute Gasteiger partial charge is 0.191 e. The molecule has 152 valence electrons. The summed E-state index contributed by atoms with van der Waals surface area (Å²) in [4.78, 5) is 12.8. The summed E-state index contributed by atoms with van der Waals surface area (Å²) in [5, 5.41) is 7.94. The van der Waals surface area contributed by atoms with Crippen LogP contribution in [0.2, 0.25) is 0 Å². The lowest BCUT2D eigenvalue weighted by molar-refractivity contribution is 0.152. The maximum Gasteiger partial charge on any atom is 0.191 e. The SMILES string of the molecule is CCc1cnc(CNC(=NC)NCc2ccccc2CN2CCCCC2C)s1. The van der Waals surface area contributed by atoms with E-state index in [2.05, 4.69) is 63.6 Å². The fourth-order valence-electron chi connectivity index (χ4n) is 3.65. The highest BCUT2D eigenvalue weighted by Gasteiger charge is 2.19. The van der Waals surface area contributed by atoms with Gasteiger partial charge in [0.15, 0.2) is 5.96 Å². The molecule has 1 saturated heterocycles. The molecule has 28 heavy (non-hydrogen) atoms. The molecule has 0 spiro atoms. The minimum atomic E-state index is 0.676. The van der Waals surface area contributed by atoms with E-state index in [0.717, 1.165) is 30.5 Å². The van der Waals surface area contributed by atoms with E-state index in [1.807, 2.05) is 13.2 Å². The highest BCUT2D eigenvalue weighted by Crippen LogP contribution is 2.20. The maximum absolute atomic E-state index is 4.47. The predicted molar refractivity (Wildman–Crippen MR) is 119 cm³/mol. The number of hydrogen-bond acceptors (Lipinski definition) is 4. The standard InChI is InChI=1S/C22H33N5S/c1-4-20-14-24-21(28-20)15-26-22(23-3)25-13-18-10-5-6-11-19(18)16-27-12-8-7-9-17(27)2/h5-6,10-11,14,17H,4,7-9,12-13,15-16H2,1-3H3,(H2,23,25,26). The summed E-state index contributed by atoms with van der Waals surface area (Å²) in [6.07, 6.45) is 7.00. The number of nitrogens with one attached hydrogen (secondary N) is 2. The first kappa shape index (κ1) is 20.8. The number of benzene rings is 1. The molecule has 0 amide bonds. The van der Waals surface area contributed by atoms with Crippen LogP contribution in [0.1, 0.15) is 54.1 Å². The average molecular weight is 400 g/mol. The Kier molecular flexibility index (Phi) is 7.86. The molecule has 2 aromatic rings. The Hall–Kier alpha value is -1.92. The van der Waals surface area contributed by atoms with E-state index in [9.17, 15) is 0 Å². The summed E-state index contributed by atoms with van der Waals surface area (Å²) in [7, 11) is 1.82. The lowest BCUT2D eigenvalue weighted by Crippen LogP contribution is -2.38. The van der Waals surface area contributed by atoms with Gasteiger partial charge in [0.1, 0.15) is 5.01 Å². The van der Waals surface area contributed by atoms with Crippen LogP contribution in [-0.2, 0) is 26.1 Å². The Morgan fingerprint density at radius 1 is 1.21 bits per heavy atom. The molecule has 3 rings (SSSR count). The molecule has 0 aliphatic carbocycles. The van der Waals surface area contributed by atoms with Gasteiger partial charge in [0.25, 0.3) is 0 Å². The molecule has 1 aliphatic rings. The van der Waals surface area contributed by atoms with E-state index in [0.29, 0.717) is 12.6 Å². The van der Waals surface area contributed by atoms with Crippen LogP contribution in [-0.4, -0.2) is 35.5 Å². The molecule has 1 fully saturated rings. The van der Waals surface area contributed by atoms with E-state index >= 15 is 0 Å². The number of rotatable bonds is 7. The maximum atomic E-state index is 4.47. The third-order valence-electron chi connectivity index (χ3n) is 5.46. The Bertz CT molecular complexity index is 770. The van der Waals surface area contributed by atoms with Crippen LogP contribution in [0, 0.1) is 0 Å². The first-order chi connectivity index (χ1) is 13.7. The summed E-state index contributed by atoms with van der Waals surface area (Å²) in [5.74, 6) is 0.814. The number of guanidine groups is 1. The molecule has 1 aromatic heterocycles. The first-order valence-electron chi connectivity index (χ1n) is 10.4. The zero-order chi connectivity index (χ0) is 19.8. The Morgan fingerprint density at radius 2 is 2.00 bits per heavy atom. The van der Waals surface area contributed by atoms with Gasteiger partial charge in [-0.2, -0.15) is 0 Å². The molecule has 1 atom stereocenters. The van der Waals surface area contributed by atoms with Crippen molar-refractivity contribution < 1.29 is 0 Å². The number of aliphatic imine (C=N–C) groups is 1. The van der Waals surface area contributed by atoms with Gasteiger partial charge in [-0.1, -0.05) is 37.6 Å². The molecule has 0 saturated carbocycles. The number of aryl methyl sites for hydroxylation is 1. The van der Waals surface area contributed by atoms with Crippen LogP contribution in [0.5, 0.6) is 0 Å².